The second-order valence-electron chi connectivity index (χ2n) is 3.92. The molecule has 1 heterocycles. The molecule has 1 aliphatic carbocycles. The van der Waals surface area contributed by atoms with Gasteiger partial charge in [-0.25, -0.2) is 4.98 Å². The van der Waals surface area contributed by atoms with Crippen LogP contribution in [0.4, 0.5) is 0 Å². The lowest BCUT2D eigenvalue weighted by molar-refractivity contribution is 0.236. The Hall–Kier alpha value is -1.27. The van der Waals surface area contributed by atoms with Gasteiger partial charge < -0.3 is 4.74 Å². The quantitative estimate of drug-likeness (QED) is 0.736. The standard InChI is InChI=1S/C11H11ClN2O/c12-10-9(2-1-7-14-10)15-8-11(3-4-11)5-6-13/h1-2,7H,3-5,8H2. The molecule has 4 heteroatoms. The number of nitrogens with zero attached hydrogens (tertiary/aromatic N) is 2. The summed E-state index contributed by atoms with van der Waals surface area (Å²) >= 11 is 5.85. The van der Waals surface area contributed by atoms with Gasteiger partial charge in [0.15, 0.2) is 10.9 Å². The van der Waals surface area contributed by atoms with Crippen molar-refractivity contribution >= 4 is 11.6 Å². The molecule has 78 valence electrons. The third-order valence-electron chi connectivity index (χ3n) is 2.67. The minimum absolute atomic E-state index is 0.0773. The van der Waals surface area contributed by atoms with Gasteiger partial charge in [0.1, 0.15) is 0 Å². The molecule has 0 spiro atoms. The van der Waals surface area contributed by atoms with E-state index in [1.807, 2.05) is 0 Å². The summed E-state index contributed by atoms with van der Waals surface area (Å²) in [6.07, 6.45) is 4.32. The predicted octanol–water partition coefficient (Wildman–Crippen LogP) is 2.81. The third-order valence-corrected chi connectivity index (χ3v) is 2.95. The van der Waals surface area contributed by atoms with E-state index in [0.29, 0.717) is 23.9 Å². The van der Waals surface area contributed by atoms with Crippen molar-refractivity contribution in [3.63, 3.8) is 0 Å². The number of hydrogen-bond acceptors (Lipinski definition) is 3. The molecule has 0 saturated heterocycles. The Kier molecular flexibility index (Phi) is 2.79. The summed E-state index contributed by atoms with van der Waals surface area (Å²) in [5, 5.41) is 9.03. The summed E-state index contributed by atoms with van der Waals surface area (Å²) in [5.74, 6) is 0.600. The van der Waals surface area contributed by atoms with Crippen LogP contribution in [0.25, 0.3) is 0 Å². The molecule has 1 aromatic rings. The lowest BCUT2D eigenvalue weighted by Gasteiger charge is -2.12. The second-order valence-corrected chi connectivity index (χ2v) is 4.27. The molecule has 0 bridgehead atoms. The third kappa shape index (κ3) is 2.40. The summed E-state index contributed by atoms with van der Waals surface area (Å²) in [7, 11) is 0. The number of ether oxygens (including phenoxy) is 1. The van der Waals surface area contributed by atoms with Crippen molar-refractivity contribution in [1.82, 2.24) is 4.98 Å². The molecule has 0 amide bonds. The Morgan fingerprint density at radius 2 is 2.40 bits per heavy atom. The molecule has 0 N–H and O–H groups in total. The van der Waals surface area contributed by atoms with Gasteiger partial charge in [-0.15, -0.1) is 0 Å². The number of halogens is 1. The maximum absolute atomic E-state index is 8.65. The van der Waals surface area contributed by atoms with Crippen LogP contribution in [0.3, 0.4) is 0 Å². The molecule has 1 aliphatic rings. The highest BCUT2D eigenvalue weighted by Crippen LogP contribution is 2.48. The summed E-state index contributed by atoms with van der Waals surface area (Å²) in [4.78, 5) is 3.92. The molecular formula is C11H11ClN2O. The molecule has 1 fully saturated rings. The maximum Gasteiger partial charge on any atom is 0.171 e. The van der Waals surface area contributed by atoms with Crippen LogP contribution >= 0.6 is 11.6 Å². The van der Waals surface area contributed by atoms with Crippen molar-refractivity contribution in [1.29, 1.82) is 5.26 Å². The topological polar surface area (TPSA) is 45.9 Å². The Balaban J connectivity index is 1.94. The van der Waals surface area contributed by atoms with E-state index >= 15 is 0 Å². The van der Waals surface area contributed by atoms with Crippen LogP contribution in [-0.2, 0) is 0 Å². The van der Waals surface area contributed by atoms with E-state index in [-0.39, 0.29) is 5.41 Å². The van der Waals surface area contributed by atoms with E-state index in [0.717, 1.165) is 12.8 Å². The zero-order chi connectivity index (χ0) is 10.7. The van der Waals surface area contributed by atoms with Gasteiger partial charge in [-0.3, -0.25) is 0 Å². The van der Waals surface area contributed by atoms with Gasteiger partial charge in [-0.1, -0.05) is 11.6 Å². The van der Waals surface area contributed by atoms with Crippen LogP contribution in [0.5, 0.6) is 5.75 Å². The lowest BCUT2D eigenvalue weighted by Crippen LogP contribution is -2.12. The van der Waals surface area contributed by atoms with Crippen LogP contribution in [0.1, 0.15) is 19.3 Å². The first-order valence-corrected chi connectivity index (χ1v) is 5.24. The van der Waals surface area contributed by atoms with E-state index in [1.165, 1.54) is 0 Å². The van der Waals surface area contributed by atoms with E-state index in [1.54, 1.807) is 18.3 Å². The highest BCUT2D eigenvalue weighted by atomic mass is 35.5. The van der Waals surface area contributed by atoms with Crippen molar-refractivity contribution in [3.05, 3.63) is 23.5 Å². The van der Waals surface area contributed by atoms with Crippen LogP contribution in [0, 0.1) is 16.7 Å². The number of pyridine rings is 1. The average molecular weight is 223 g/mol. The van der Waals surface area contributed by atoms with Crippen LogP contribution in [-0.4, -0.2) is 11.6 Å². The molecule has 3 nitrogen and oxygen atoms in total. The first-order valence-electron chi connectivity index (χ1n) is 4.86. The van der Waals surface area contributed by atoms with E-state index in [2.05, 4.69) is 11.1 Å². The number of hydrogen-bond donors (Lipinski definition) is 0. The van der Waals surface area contributed by atoms with Crippen molar-refractivity contribution in [2.24, 2.45) is 5.41 Å². The monoisotopic (exact) mass is 222 g/mol. The Morgan fingerprint density at radius 3 is 3.00 bits per heavy atom. The fourth-order valence-electron chi connectivity index (χ4n) is 1.43. The zero-order valence-electron chi connectivity index (χ0n) is 8.24. The van der Waals surface area contributed by atoms with Crippen molar-refractivity contribution in [2.75, 3.05) is 6.61 Å². The van der Waals surface area contributed by atoms with Gasteiger partial charge in [0.2, 0.25) is 0 Å². The fourth-order valence-corrected chi connectivity index (χ4v) is 1.60. The van der Waals surface area contributed by atoms with Crippen molar-refractivity contribution in [2.45, 2.75) is 19.3 Å². The average Bonchev–Trinajstić information content (AvgIpc) is 2.98. The predicted molar refractivity (Wildman–Crippen MR) is 56.6 cm³/mol. The number of aromatic nitrogens is 1. The van der Waals surface area contributed by atoms with Crippen molar-refractivity contribution < 1.29 is 4.74 Å². The molecule has 1 saturated carbocycles. The van der Waals surface area contributed by atoms with Crippen LogP contribution in [0.15, 0.2) is 18.3 Å². The van der Waals surface area contributed by atoms with E-state index in [9.17, 15) is 0 Å². The maximum atomic E-state index is 8.65. The van der Waals surface area contributed by atoms with E-state index < -0.39 is 0 Å². The van der Waals surface area contributed by atoms with Gasteiger partial charge in [0.05, 0.1) is 12.7 Å². The second kappa shape index (κ2) is 4.08. The fraction of sp³-hybridized carbons (Fsp3) is 0.455. The first kappa shape index (κ1) is 10.3. The van der Waals surface area contributed by atoms with Gasteiger partial charge >= 0.3 is 0 Å². The molecule has 2 rings (SSSR count). The minimum Gasteiger partial charge on any atom is -0.490 e. The molecule has 0 radical (unpaired) electrons. The molecule has 0 unspecified atom stereocenters. The summed E-state index contributed by atoms with van der Waals surface area (Å²) in [5.41, 5.74) is 0.0773. The van der Waals surface area contributed by atoms with Crippen molar-refractivity contribution in [3.8, 4) is 11.8 Å². The molecule has 0 atom stereocenters. The van der Waals surface area contributed by atoms with Crippen LogP contribution in [0.2, 0.25) is 5.15 Å². The van der Waals surface area contributed by atoms with Crippen LogP contribution < -0.4 is 4.74 Å². The lowest BCUT2D eigenvalue weighted by atomic mass is 10.1. The molecule has 0 aliphatic heterocycles. The number of rotatable bonds is 4. The summed E-state index contributed by atoms with van der Waals surface area (Å²) in [6, 6.07) is 5.77. The van der Waals surface area contributed by atoms with E-state index in [4.69, 9.17) is 21.6 Å². The Morgan fingerprint density at radius 1 is 1.60 bits per heavy atom. The van der Waals surface area contributed by atoms with Gasteiger partial charge in [0.25, 0.3) is 0 Å². The molecule has 15 heavy (non-hydrogen) atoms. The molecular weight excluding hydrogens is 212 g/mol. The number of nitriles is 1. The molecule has 0 aromatic carbocycles. The highest BCUT2D eigenvalue weighted by Gasteiger charge is 2.43. The zero-order valence-corrected chi connectivity index (χ0v) is 9.00. The Labute approximate surface area is 93.6 Å². The normalized spacial score (nSPS) is 16.8. The molecule has 1 aromatic heterocycles. The largest absolute Gasteiger partial charge is 0.490 e. The van der Waals surface area contributed by atoms with Gasteiger partial charge in [0, 0.05) is 18.0 Å². The van der Waals surface area contributed by atoms with Gasteiger partial charge in [-0.05, 0) is 25.0 Å². The summed E-state index contributed by atoms with van der Waals surface area (Å²) in [6.45, 7) is 0.561. The van der Waals surface area contributed by atoms with Gasteiger partial charge in [-0.2, -0.15) is 5.26 Å². The minimum atomic E-state index is 0.0773. The highest BCUT2D eigenvalue weighted by molar-refractivity contribution is 6.30. The smallest absolute Gasteiger partial charge is 0.171 e. The summed E-state index contributed by atoms with van der Waals surface area (Å²) < 4.78 is 5.57. The SMILES string of the molecule is N#CCC1(COc2cccnc2Cl)CC1. The first-order chi connectivity index (χ1) is 7.26. The Bertz CT molecular complexity index is 396.